The summed E-state index contributed by atoms with van der Waals surface area (Å²) in [5, 5.41) is 0.538. The second-order valence-corrected chi connectivity index (χ2v) is 7.32. The third-order valence-electron chi connectivity index (χ3n) is 5.24. The van der Waals surface area contributed by atoms with E-state index < -0.39 is 23.3 Å². The number of benzene rings is 1. The van der Waals surface area contributed by atoms with Gasteiger partial charge in [-0.1, -0.05) is 24.3 Å². The molecule has 0 fully saturated rings. The molecule has 0 N–H and O–H groups in total. The molecule has 162 valence electrons. The summed E-state index contributed by atoms with van der Waals surface area (Å²) in [5.41, 5.74) is 0.364. The molecule has 4 aromatic rings. The number of para-hydroxylation sites is 1. The number of hydrogen-bond acceptors (Lipinski definition) is 7. The number of hydrogen-bond donors (Lipinski definition) is 0. The van der Waals surface area contributed by atoms with Crippen molar-refractivity contribution in [3.8, 4) is 0 Å². The molecule has 0 aliphatic rings. The molecule has 3 aromatic heterocycles. The first kappa shape index (κ1) is 21.0. The Morgan fingerprint density at radius 3 is 2.28 bits per heavy atom. The Hall–Kier alpha value is -4.20. The third-order valence-corrected chi connectivity index (χ3v) is 5.24. The minimum atomic E-state index is -0.903. The van der Waals surface area contributed by atoms with Crippen molar-refractivity contribution in [3.05, 3.63) is 86.5 Å². The van der Waals surface area contributed by atoms with Gasteiger partial charge in [0, 0.05) is 11.6 Å². The maximum absolute atomic E-state index is 13.7. The molecule has 0 radical (unpaired) electrons. The molecular weight excluding hydrogens is 414 g/mol. The molecule has 0 saturated carbocycles. The van der Waals surface area contributed by atoms with Crippen molar-refractivity contribution in [2.75, 3.05) is 14.2 Å². The van der Waals surface area contributed by atoms with E-state index in [0.717, 1.165) is 12.7 Å². The molecular formula is C24H19NO7. The minimum absolute atomic E-state index is 0.106. The molecule has 0 aliphatic heterocycles. The van der Waals surface area contributed by atoms with Gasteiger partial charge in [0.2, 0.25) is 5.78 Å². The van der Waals surface area contributed by atoms with Crippen LogP contribution in [0, 0.1) is 13.8 Å². The summed E-state index contributed by atoms with van der Waals surface area (Å²) in [6, 6.07) is 9.97. The van der Waals surface area contributed by atoms with Crippen LogP contribution in [0.15, 0.2) is 51.8 Å². The first-order valence-corrected chi connectivity index (χ1v) is 9.68. The van der Waals surface area contributed by atoms with Gasteiger partial charge in [0.25, 0.3) is 0 Å². The molecule has 0 atom stereocenters. The first-order valence-electron chi connectivity index (χ1n) is 9.68. The van der Waals surface area contributed by atoms with Gasteiger partial charge >= 0.3 is 17.6 Å². The normalized spacial score (nSPS) is 11.0. The second kappa shape index (κ2) is 7.81. The molecule has 0 bridgehead atoms. The Morgan fingerprint density at radius 2 is 1.59 bits per heavy atom. The number of carbonyl (C=O) groups excluding carboxylic acids is 3. The maximum atomic E-state index is 13.7. The molecule has 0 amide bonds. The number of pyridine rings is 1. The summed E-state index contributed by atoms with van der Waals surface area (Å²) in [6.07, 6.45) is 1.61. The van der Waals surface area contributed by atoms with Crippen molar-refractivity contribution in [1.82, 2.24) is 4.40 Å². The van der Waals surface area contributed by atoms with Crippen molar-refractivity contribution in [3.63, 3.8) is 0 Å². The highest BCUT2D eigenvalue weighted by Crippen LogP contribution is 2.30. The van der Waals surface area contributed by atoms with Crippen LogP contribution in [0.5, 0.6) is 0 Å². The Labute approximate surface area is 182 Å². The predicted octanol–water partition coefficient (Wildman–Crippen LogP) is 3.47. The van der Waals surface area contributed by atoms with Crippen molar-refractivity contribution in [2.45, 2.75) is 13.8 Å². The third kappa shape index (κ3) is 3.17. The molecule has 3 heterocycles. The van der Waals surface area contributed by atoms with Gasteiger partial charge in [0.1, 0.15) is 28.0 Å². The summed E-state index contributed by atoms with van der Waals surface area (Å²) in [6.45, 7) is 3.55. The monoisotopic (exact) mass is 433 g/mol. The van der Waals surface area contributed by atoms with Gasteiger partial charge in [-0.3, -0.25) is 4.79 Å². The molecule has 1 aromatic carbocycles. The molecule has 32 heavy (non-hydrogen) atoms. The number of aromatic nitrogens is 1. The summed E-state index contributed by atoms with van der Waals surface area (Å²) >= 11 is 0. The summed E-state index contributed by atoms with van der Waals surface area (Å²) in [4.78, 5) is 51.8. The average molecular weight is 433 g/mol. The molecule has 0 unspecified atom stereocenters. The lowest BCUT2D eigenvalue weighted by Crippen LogP contribution is -2.20. The van der Waals surface area contributed by atoms with Crippen LogP contribution in [0.25, 0.3) is 16.5 Å². The van der Waals surface area contributed by atoms with Crippen LogP contribution in [0.1, 0.15) is 47.9 Å². The maximum Gasteiger partial charge on any atom is 0.347 e. The predicted molar refractivity (Wildman–Crippen MR) is 115 cm³/mol. The van der Waals surface area contributed by atoms with Crippen LogP contribution in [0.4, 0.5) is 0 Å². The Morgan fingerprint density at radius 1 is 0.938 bits per heavy atom. The zero-order valence-corrected chi connectivity index (χ0v) is 17.8. The lowest BCUT2D eigenvalue weighted by molar-refractivity contribution is 0.0556. The van der Waals surface area contributed by atoms with Gasteiger partial charge in [-0.15, -0.1) is 0 Å². The number of esters is 2. The quantitative estimate of drug-likeness (QED) is 0.276. The molecule has 0 spiro atoms. The number of carbonyl (C=O) groups is 3. The highest BCUT2D eigenvalue weighted by atomic mass is 16.5. The number of rotatable bonds is 4. The smallest absolute Gasteiger partial charge is 0.347 e. The summed E-state index contributed by atoms with van der Waals surface area (Å²) in [7, 11) is 2.32. The van der Waals surface area contributed by atoms with Crippen LogP contribution < -0.4 is 5.63 Å². The van der Waals surface area contributed by atoms with Gasteiger partial charge in [-0.25, -0.2) is 14.4 Å². The van der Waals surface area contributed by atoms with Crippen LogP contribution in [0.3, 0.4) is 0 Å². The Bertz CT molecular complexity index is 1490. The second-order valence-electron chi connectivity index (χ2n) is 7.32. The molecule has 8 nitrogen and oxygen atoms in total. The lowest BCUT2D eigenvalue weighted by Gasteiger charge is -2.07. The van der Waals surface area contributed by atoms with Gasteiger partial charge < -0.3 is 18.3 Å². The van der Waals surface area contributed by atoms with Crippen LogP contribution in [-0.4, -0.2) is 36.3 Å². The molecule has 8 heteroatoms. The van der Waals surface area contributed by atoms with E-state index in [9.17, 15) is 19.2 Å². The van der Waals surface area contributed by atoms with Crippen LogP contribution in [0.2, 0.25) is 0 Å². The average Bonchev–Trinajstić information content (AvgIpc) is 3.12. The van der Waals surface area contributed by atoms with E-state index in [1.807, 2.05) is 6.07 Å². The fraction of sp³-hybridized carbons (Fsp3) is 0.167. The van der Waals surface area contributed by atoms with Crippen molar-refractivity contribution >= 4 is 34.2 Å². The van der Waals surface area contributed by atoms with E-state index in [1.165, 1.54) is 17.6 Å². The molecule has 0 aliphatic carbocycles. The highest BCUT2D eigenvalue weighted by Gasteiger charge is 2.34. The number of ketones is 1. The fourth-order valence-corrected chi connectivity index (χ4v) is 3.93. The van der Waals surface area contributed by atoms with Crippen molar-refractivity contribution in [2.24, 2.45) is 0 Å². The zero-order chi connectivity index (χ0) is 23.2. The van der Waals surface area contributed by atoms with E-state index >= 15 is 0 Å². The van der Waals surface area contributed by atoms with Gasteiger partial charge in [0.05, 0.1) is 19.7 Å². The minimum Gasteiger partial charge on any atom is -0.465 e. The number of methoxy groups -OCH3 is 2. The van der Waals surface area contributed by atoms with E-state index in [2.05, 4.69) is 0 Å². The van der Waals surface area contributed by atoms with Crippen LogP contribution >= 0.6 is 0 Å². The van der Waals surface area contributed by atoms with Gasteiger partial charge in [-0.05, 0) is 37.1 Å². The fourth-order valence-electron chi connectivity index (χ4n) is 3.93. The first-order chi connectivity index (χ1) is 15.3. The Kier molecular flexibility index (Phi) is 5.14. The number of ether oxygens (including phenoxy) is 2. The zero-order valence-electron chi connectivity index (χ0n) is 17.8. The lowest BCUT2D eigenvalue weighted by atomic mass is 10.0. The standard InChI is InChI=1S/C24H19NO7/c1-12-9-13(2)19-17(23(28)30-3)18(24(29)31-4)20(25(19)11-12)21(26)15-10-14-7-5-6-8-16(14)32-22(15)27/h5-11H,1-4H3. The SMILES string of the molecule is COC(=O)c1c(C(=O)OC)c2c(C)cc(C)cn2c1C(=O)c1cc2ccccc2oc1=O. The topological polar surface area (TPSA) is 104 Å². The molecule has 0 saturated heterocycles. The van der Waals surface area contributed by atoms with Gasteiger partial charge in [0.15, 0.2) is 0 Å². The largest absolute Gasteiger partial charge is 0.465 e. The van der Waals surface area contributed by atoms with Gasteiger partial charge in [-0.2, -0.15) is 0 Å². The number of aryl methyl sites for hydroxylation is 2. The van der Waals surface area contributed by atoms with E-state index in [-0.39, 0.29) is 22.4 Å². The van der Waals surface area contributed by atoms with Crippen molar-refractivity contribution in [1.29, 1.82) is 0 Å². The molecule has 4 rings (SSSR count). The number of nitrogens with zero attached hydrogens (tertiary/aromatic N) is 1. The highest BCUT2D eigenvalue weighted by molar-refractivity contribution is 6.20. The van der Waals surface area contributed by atoms with E-state index in [1.54, 1.807) is 44.3 Å². The van der Waals surface area contributed by atoms with Crippen molar-refractivity contribution < 1.29 is 28.3 Å². The Balaban J connectivity index is 2.13. The summed E-state index contributed by atoms with van der Waals surface area (Å²) < 4.78 is 16.5. The summed E-state index contributed by atoms with van der Waals surface area (Å²) in [5.74, 6) is -2.49. The van der Waals surface area contributed by atoms with E-state index in [4.69, 9.17) is 13.9 Å². The number of fused-ring (bicyclic) bond motifs is 2. The van der Waals surface area contributed by atoms with E-state index in [0.29, 0.717) is 22.0 Å². The van der Waals surface area contributed by atoms with Crippen LogP contribution in [-0.2, 0) is 9.47 Å².